The second kappa shape index (κ2) is 8.71. The third kappa shape index (κ3) is 3.97. The second-order valence-corrected chi connectivity index (χ2v) is 9.94. The van der Waals surface area contributed by atoms with Gasteiger partial charge in [0.05, 0.1) is 23.3 Å². The third-order valence-corrected chi connectivity index (χ3v) is 7.64. The van der Waals surface area contributed by atoms with Crippen molar-refractivity contribution in [1.29, 1.82) is 0 Å². The number of carboxylic acid groups (broad SMARTS) is 1. The van der Waals surface area contributed by atoms with Crippen molar-refractivity contribution < 1.29 is 19.2 Å². The van der Waals surface area contributed by atoms with E-state index in [1.54, 1.807) is 6.07 Å². The van der Waals surface area contributed by atoms with Gasteiger partial charge in [0.1, 0.15) is 17.3 Å². The highest BCUT2D eigenvalue weighted by molar-refractivity contribution is 6.33. The number of pyridine rings is 1. The topological polar surface area (TPSA) is 88.7 Å². The summed E-state index contributed by atoms with van der Waals surface area (Å²) in [6, 6.07) is 11.9. The maximum absolute atomic E-state index is 11.2. The summed E-state index contributed by atoms with van der Waals surface area (Å²) < 4.78 is 12.3. The fraction of sp³-hybridized carbons (Fsp3) is 0.423. The normalized spacial score (nSPS) is 23.9. The van der Waals surface area contributed by atoms with E-state index in [1.807, 2.05) is 30.3 Å². The van der Waals surface area contributed by atoms with Gasteiger partial charge in [-0.1, -0.05) is 35.0 Å². The number of hydrogen-bond donors (Lipinski definition) is 1. The molecule has 2 saturated heterocycles. The third-order valence-electron chi connectivity index (χ3n) is 7.31. The minimum Gasteiger partial charge on any atom is -0.478 e. The summed E-state index contributed by atoms with van der Waals surface area (Å²) in [5, 5.41) is 14.2. The molecule has 7 nitrogen and oxygen atoms in total. The van der Waals surface area contributed by atoms with E-state index in [-0.39, 0.29) is 11.7 Å². The molecule has 0 radical (unpaired) electrons. The summed E-state index contributed by atoms with van der Waals surface area (Å²) in [7, 11) is 0. The predicted octanol–water partition coefficient (Wildman–Crippen LogP) is 5.68. The van der Waals surface area contributed by atoms with E-state index in [2.05, 4.69) is 15.0 Å². The Bertz CT molecular complexity index is 1190. The number of piperidine rings is 1. The zero-order valence-electron chi connectivity index (χ0n) is 18.7. The molecule has 1 saturated carbocycles. The van der Waals surface area contributed by atoms with Crippen LogP contribution in [-0.4, -0.2) is 39.4 Å². The molecular formula is C26H26ClN3O4. The van der Waals surface area contributed by atoms with Crippen molar-refractivity contribution >= 4 is 23.4 Å². The highest BCUT2D eigenvalue weighted by atomic mass is 35.5. The lowest BCUT2D eigenvalue weighted by Gasteiger charge is -2.39. The first-order valence-electron chi connectivity index (χ1n) is 11.9. The van der Waals surface area contributed by atoms with Crippen LogP contribution in [0.1, 0.15) is 66.1 Å². The van der Waals surface area contributed by atoms with Gasteiger partial charge in [-0.15, -0.1) is 0 Å². The molecule has 2 atom stereocenters. The number of nitrogens with zero attached hydrogens (tertiary/aromatic N) is 3. The lowest BCUT2D eigenvalue weighted by atomic mass is 9.99. The summed E-state index contributed by atoms with van der Waals surface area (Å²) in [4.78, 5) is 18.0. The van der Waals surface area contributed by atoms with E-state index in [4.69, 9.17) is 26.0 Å². The molecule has 4 heterocycles. The van der Waals surface area contributed by atoms with Gasteiger partial charge in [0, 0.05) is 35.3 Å². The number of rotatable bonds is 7. The number of hydrogen-bond acceptors (Lipinski definition) is 6. The zero-order valence-corrected chi connectivity index (χ0v) is 19.4. The average molecular weight is 480 g/mol. The molecule has 3 aliphatic rings. The predicted molar refractivity (Wildman–Crippen MR) is 127 cm³/mol. The van der Waals surface area contributed by atoms with Gasteiger partial charge in [0.25, 0.3) is 0 Å². The molecule has 3 fully saturated rings. The van der Waals surface area contributed by atoms with Crippen LogP contribution >= 0.6 is 11.6 Å². The Morgan fingerprint density at radius 3 is 2.53 bits per heavy atom. The number of anilines is 1. The maximum atomic E-state index is 11.2. The zero-order chi connectivity index (χ0) is 23.2. The Morgan fingerprint density at radius 1 is 1.12 bits per heavy atom. The molecular weight excluding hydrogens is 454 g/mol. The number of carboxylic acids is 1. The Balaban J connectivity index is 1.18. The van der Waals surface area contributed by atoms with Crippen LogP contribution < -0.4 is 4.90 Å². The van der Waals surface area contributed by atoms with Crippen LogP contribution in [0.25, 0.3) is 11.3 Å². The molecule has 1 N–H and O–H groups in total. The van der Waals surface area contributed by atoms with Crippen molar-refractivity contribution in [3.05, 3.63) is 64.5 Å². The molecule has 0 spiro atoms. The molecule has 34 heavy (non-hydrogen) atoms. The second-order valence-electron chi connectivity index (χ2n) is 9.54. The van der Waals surface area contributed by atoms with E-state index in [1.165, 1.54) is 6.20 Å². The Morgan fingerprint density at radius 2 is 1.88 bits per heavy atom. The molecule has 0 amide bonds. The first-order chi connectivity index (χ1) is 16.6. The van der Waals surface area contributed by atoms with Crippen molar-refractivity contribution in [2.45, 2.75) is 69.2 Å². The number of aromatic nitrogens is 2. The minimum absolute atomic E-state index is 0.146. The monoisotopic (exact) mass is 479 g/mol. The maximum Gasteiger partial charge on any atom is 0.337 e. The van der Waals surface area contributed by atoms with Crippen molar-refractivity contribution in [3.8, 4) is 11.3 Å². The molecule has 2 bridgehead atoms. The van der Waals surface area contributed by atoms with Crippen molar-refractivity contribution in [1.82, 2.24) is 10.1 Å². The molecule has 1 aliphatic carbocycles. The van der Waals surface area contributed by atoms with Crippen molar-refractivity contribution in [2.75, 3.05) is 4.90 Å². The van der Waals surface area contributed by atoms with E-state index in [0.29, 0.717) is 29.6 Å². The van der Waals surface area contributed by atoms with Crippen LogP contribution in [0.5, 0.6) is 0 Å². The van der Waals surface area contributed by atoms with Crippen molar-refractivity contribution in [3.63, 3.8) is 0 Å². The smallest absolute Gasteiger partial charge is 0.337 e. The van der Waals surface area contributed by atoms with Gasteiger partial charge in [-0.2, -0.15) is 0 Å². The van der Waals surface area contributed by atoms with Gasteiger partial charge in [-0.25, -0.2) is 9.78 Å². The molecule has 3 aromatic rings. The Kier molecular flexibility index (Phi) is 5.54. The number of ether oxygens (including phenoxy) is 1. The Labute approximate surface area is 202 Å². The first kappa shape index (κ1) is 21.6. The molecule has 8 heteroatoms. The van der Waals surface area contributed by atoms with Gasteiger partial charge < -0.3 is 19.3 Å². The van der Waals surface area contributed by atoms with Gasteiger partial charge in [-0.05, 0) is 56.7 Å². The lowest BCUT2D eigenvalue weighted by molar-refractivity contribution is 0.0146. The number of halogens is 1. The summed E-state index contributed by atoms with van der Waals surface area (Å²) in [6.07, 6.45) is 7.88. The average Bonchev–Trinajstić information content (AvgIpc) is 3.55. The van der Waals surface area contributed by atoms with Gasteiger partial charge >= 0.3 is 5.97 Å². The van der Waals surface area contributed by atoms with Crippen LogP contribution in [0.4, 0.5) is 5.82 Å². The van der Waals surface area contributed by atoms with Crippen LogP contribution in [0, 0.1) is 0 Å². The molecule has 176 valence electrons. The van der Waals surface area contributed by atoms with E-state index >= 15 is 0 Å². The highest BCUT2D eigenvalue weighted by Crippen LogP contribution is 2.45. The number of fused-ring (bicyclic) bond motifs is 2. The summed E-state index contributed by atoms with van der Waals surface area (Å²) in [5.41, 5.74) is 2.90. The Hall–Kier alpha value is -2.90. The van der Waals surface area contributed by atoms with Crippen LogP contribution in [0.2, 0.25) is 5.02 Å². The molecule has 1 aromatic carbocycles. The van der Waals surface area contributed by atoms with Crippen LogP contribution in [0.3, 0.4) is 0 Å². The fourth-order valence-electron chi connectivity index (χ4n) is 5.50. The molecule has 6 rings (SSSR count). The number of benzene rings is 1. The minimum atomic E-state index is -0.954. The van der Waals surface area contributed by atoms with E-state index < -0.39 is 5.97 Å². The standard InChI is InChI=1S/C26H26ClN3O4/c27-22-4-2-1-3-20(22)24-21(25(34-29-24)15-5-6-15)14-33-19-11-17-8-9-18(12-19)30(17)23-10-7-16(13-28-23)26(31)32/h1-4,7,10,13,15,17-19H,5-6,8-9,11-12,14H2,(H,31,32). The lowest BCUT2D eigenvalue weighted by Crippen LogP contribution is -2.46. The summed E-state index contributed by atoms with van der Waals surface area (Å²) >= 11 is 6.47. The molecule has 2 aromatic heterocycles. The molecule has 2 aliphatic heterocycles. The first-order valence-corrected chi connectivity index (χ1v) is 12.3. The number of aromatic carboxylic acids is 1. The summed E-state index contributed by atoms with van der Waals surface area (Å²) in [5.74, 6) is 1.27. The summed E-state index contributed by atoms with van der Waals surface area (Å²) in [6.45, 7) is 0.464. The van der Waals surface area contributed by atoms with Gasteiger partial charge in [0.15, 0.2) is 0 Å². The SMILES string of the molecule is O=C(O)c1ccc(N2C3CCC2CC(OCc2c(-c4ccccc4Cl)noc2C2CC2)C3)nc1. The quantitative estimate of drug-likeness (QED) is 0.466. The highest BCUT2D eigenvalue weighted by Gasteiger charge is 2.42. The fourth-order valence-corrected chi connectivity index (χ4v) is 5.72. The van der Waals surface area contributed by atoms with Crippen LogP contribution in [-0.2, 0) is 11.3 Å². The van der Waals surface area contributed by atoms with Gasteiger partial charge in [0.2, 0.25) is 0 Å². The number of carbonyl (C=O) groups is 1. The van der Waals surface area contributed by atoms with Crippen molar-refractivity contribution in [2.24, 2.45) is 0 Å². The van der Waals surface area contributed by atoms with Gasteiger partial charge in [-0.3, -0.25) is 0 Å². The van der Waals surface area contributed by atoms with E-state index in [9.17, 15) is 4.79 Å². The van der Waals surface area contributed by atoms with E-state index in [0.717, 1.165) is 66.9 Å². The molecule has 2 unspecified atom stereocenters. The van der Waals surface area contributed by atoms with Crippen LogP contribution in [0.15, 0.2) is 47.1 Å². The largest absolute Gasteiger partial charge is 0.478 e.